The molecule has 0 saturated carbocycles. The lowest BCUT2D eigenvalue weighted by Gasteiger charge is -2.21. The van der Waals surface area contributed by atoms with Crippen LogP contribution in [0.25, 0.3) is 0 Å². The van der Waals surface area contributed by atoms with Crippen LogP contribution in [0, 0.1) is 11.8 Å². The Morgan fingerprint density at radius 1 is 0.358 bits per heavy atom. The van der Waals surface area contributed by atoms with Crippen LogP contribution in [-0.2, 0) is 65.4 Å². The fraction of sp³-hybridized carbons (Fsp3) is 0.935. The molecule has 0 aromatic rings. The number of hydrogen-bond acceptors (Lipinski definition) is 15. The Balaban J connectivity index is 5.23. The molecule has 0 bridgehead atoms. The Labute approximate surface area is 492 Å². The molecule has 19 heteroatoms. The number of ether oxygens (including phenoxy) is 4. The quantitative estimate of drug-likeness (QED) is 0.0222. The van der Waals surface area contributed by atoms with Crippen molar-refractivity contribution in [3.05, 3.63) is 0 Å². The van der Waals surface area contributed by atoms with E-state index in [1.54, 1.807) is 0 Å². The van der Waals surface area contributed by atoms with E-state index in [9.17, 15) is 43.2 Å². The van der Waals surface area contributed by atoms with Crippen molar-refractivity contribution in [2.75, 3.05) is 39.6 Å². The highest BCUT2D eigenvalue weighted by atomic mass is 31.2. The highest BCUT2D eigenvalue weighted by Crippen LogP contribution is 2.45. The Morgan fingerprint density at radius 2 is 0.630 bits per heavy atom. The Hall–Kier alpha value is -1.94. The van der Waals surface area contributed by atoms with Gasteiger partial charge in [-0.3, -0.25) is 37.3 Å². The molecule has 0 amide bonds. The Bertz CT molecular complexity index is 1600. The van der Waals surface area contributed by atoms with Crippen LogP contribution in [0.3, 0.4) is 0 Å². The van der Waals surface area contributed by atoms with Gasteiger partial charge in [0.15, 0.2) is 12.2 Å². The topological polar surface area (TPSA) is 237 Å². The lowest BCUT2D eigenvalue weighted by Crippen LogP contribution is -2.30. The average Bonchev–Trinajstić information content (AvgIpc) is 3.43. The van der Waals surface area contributed by atoms with E-state index in [-0.39, 0.29) is 25.7 Å². The first-order chi connectivity index (χ1) is 38.9. The average molecular weight is 1200 g/mol. The Morgan fingerprint density at radius 3 is 0.938 bits per heavy atom. The summed E-state index contributed by atoms with van der Waals surface area (Å²) in [6.07, 6.45) is 36.3. The molecule has 0 aromatic heterocycles. The summed E-state index contributed by atoms with van der Waals surface area (Å²) in [6.45, 7) is 9.35. The molecule has 0 saturated heterocycles. The van der Waals surface area contributed by atoms with Crippen LogP contribution in [0.15, 0.2) is 0 Å². The highest BCUT2D eigenvalue weighted by molar-refractivity contribution is 7.47. The van der Waals surface area contributed by atoms with Crippen molar-refractivity contribution in [1.82, 2.24) is 0 Å². The maximum Gasteiger partial charge on any atom is 0.472 e. The van der Waals surface area contributed by atoms with Gasteiger partial charge in [-0.2, -0.15) is 0 Å². The predicted octanol–water partition coefficient (Wildman–Crippen LogP) is 16.9. The molecular weight excluding hydrogens is 1080 g/mol. The first-order valence-electron chi connectivity index (χ1n) is 32.5. The minimum atomic E-state index is -4.94. The summed E-state index contributed by atoms with van der Waals surface area (Å²) in [7, 11) is -9.88. The van der Waals surface area contributed by atoms with Crippen LogP contribution < -0.4 is 0 Å². The summed E-state index contributed by atoms with van der Waals surface area (Å²) < 4.78 is 67.8. The van der Waals surface area contributed by atoms with Gasteiger partial charge in [0.05, 0.1) is 26.4 Å². The van der Waals surface area contributed by atoms with Crippen molar-refractivity contribution in [3.63, 3.8) is 0 Å². The number of aliphatic hydroxyl groups excluding tert-OH is 1. The van der Waals surface area contributed by atoms with Gasteiger partial charge < -0.3 is 33.8 Å². The molecule has 480 valence electrons. The Kier molecular flexibility index (Phi) is 53.4. The van der Waals surface area contributed by atoms with Crippen molar-refractivity contribution < 1.29 is 80.2 Å². The molecule has 6 atom stereocenters. The summed E-state index contributed by atoms with van der Waals surface area (Å²) in [5.41, 5.74) is 0. The maximum atomic E-state index is 12.9. The molecule has 0 rings (SSSR count). The molecule has 0 aliphatic carbocycles. The molecule has 3 N–H and O–H groups in total. The summed E-state index contributed by atoms with van der Waals surface area (Å²) >= 11 is 0. The van der Waals surface area contributed by atoms with Gasteiger partial charge in [0.25, 0.3) is 0 Å². The number of carbonyl (C=O) groups excluding carboxylic acids is 4. The number of esters is 4. The van der Waals surface area contributed by atoms with E-state index in [1.165, 1.54) is 109 Å². The van der Waals surface area contributed by atoms with Gasteiger partial charge in [-0.05, 0) is 37.5 Å². The number of unbranched alkanes of at least 4 members (excludes halogenated alkanes) is 30. The van der Waals surface area contributed by atoms with Gasteiger partial charge in [0.1, 0.15) is 19.3 Å². The molecule has 3 unspecified atom stereocenters. The van der Waals surface area contributed by atoms with Crippen molar-refractivity contribution in [2.45, 2.75) is 323 Å². The molecule has 0 fully saturated rings. The van der Waals surface area contributed by atoms with E-state index >= 15 is 0 Å². The first kappa shape index (κ1) is 79.1. The second kappa shape index (κ2) is 54.7. The van der Waals surface area contributed by atoms with Crippen molar-refractivity contribution in [1.29, 1.82) is 0 Å². The third kappa shape index (κ3) is 55.7. The van der Waals surface area contributed by atoms with E-state index in [1.807, 2.05) is 0 Å². The summed E-state index contributed by atoms with van der Waals surface area (Å²) in [4.78, 5) is 72.0. The fourth-order valence-corrected chi connectivity index (χ4v) is 10.7. The van der Waals surface area contributed by atoms with Crippen LogP contribution in [0.1, 0.15) is 305 Å². The van der Waals surface area contributed by atoms with Gasteiger partial charge in [-0.1, -0.05) is 253 Å². The SMILES string of the molecule is CCCCCCCCCCCCCCCC(=O)O[C@H](COC(=O)CCCCCCCCCC(C)C)COP(=O)(O)OC[C@@H](O)COP(=O)(O)OC[C@@H](COC(=O)CCCCCCCCCC)OC(=O)CCCCCCCCC(C)CC. The molecule has 0 aliphatic heterocycles. The molecule has 0 radical (unpaired) electrons. The van der Waals surface area contributed by atoms with Gasteiger partial charge >= 0.3 is 39.5 Å². The van der Waals surface area contributed by atoms with E-state index < -0.39 is 97.5 Å². The van der Waals surface area contributed by atoms with Gasteiger partial charge in [0.2, 0.25) is 0 Å². The minimum absolute atomic E-state index is 0.103. The van der Waals surface area contributed by atoms with Crippen LogP contribution in [0.4, 0.5) is 0 Å². The lowest BCUT2D eigenvalue weighted by molar-refractivity contribution is -0.161. The van der Waals surface area contributed by atoms with E-state index in [2.05, 4.69) is 41.5 Å². The molecule has 17 nitrogen and oxygen atoms in total. The normalized spacial score (nSPS) is 14.7. The summed E-state index contributed by atoms with van der Waals surface area (Å²) in [5, 5.41) is 10.5. The third-order valence-corrected chi connectivity index (χ3v) is 16.5. The minimum Gasteiger partial charge on any atom is -0.462 e. The van der Waals surface area contributed by atoms with Crippen LogP contribution in [0.2, 0.25) is 0 Å². The third-order valence-electron chi connectivity index (χ3n) is 14.6. The molecule has 0 spiro atoms. The zero-order valence-corrected chi connectivity index (χ0v) is 53.9. The van der Waals surface area contributed by atoms with E-state index in [0.717, 1.165) is 109 Å². The van der Waals surface area contributed by atoms with Gasteiger partial charge in [-0.25, -0.2) is 9.13 Å². The van der Waals surface area contributed by atoms with Gasteiger partial charge in [0, 0.05) is 25.7 Å². The molecule has 0 aromatic carbocycles. The maximum absolute atomic E-state index is 12.9. The number of carbonyl (C=O) groups is 4. The molecule has 0 heterocycles. The van der Waals surface area contributed by atoms with E-state index in [4.69, 9.17) is 37.0 Å². The van der Waals surface area contributed by atoms with Crippen LogP contribution in [0.5, 0.6) is 0 Å². The monoisotopic (exact) mass is 1200 g/mol. The standard InChI is InChI=1S/C62H120O17P2/c1-7-10-12-14-16-18-19-20-21-22-26-34-40-46-61(66)78-57(50-73-60(65)45-39-33-27-23-24-30-36-42-54(4)5)52-76-80(68,69)74-48-56(63)49-75-81(70,71)77-53-58(51-72-59(64)44-38-32-25-17-15-13-11-8-2)79-62(67)47-41-35-29-28-31-37-43-55(6)9-3/h54-58,63H,7-53H2,1-6H3,(H,68,69)(H,70,71)/t55?,56-,57-,58-/m1/s1. The summed E-state index contributed by atoms with van der Waals surface area (Å²) in [5.74, 6) is -0.715. The molecule has 0 aliphatic rings. The summed E-state index contributed by atoms with van der Waals surface area (Å²) in [6, 6.07) is 0. The fourth-order valence-electron chi connectivity index (χ4n) is 9.15. The number of aliphatic hydroxyl groups is 1. The second-order valence-electron chi connectivity index (χ2n) is 23.2. The smallest absolute Gasteiger partial charge is 0.462 e. The largest absolute Gasteiger partial charge is 0.472 e. The lowest BCUT2D eigenvalue weighted by atomic mass is 10.00. The number of phosphoric ester groups is 2. The number of phosphoric acid groups is 2. The highest BCUT2D eigenvalue weighted by Gasteiger charge is 2.30. The van der Waals surface area contributed by atoms with Crippen LogP contribution in [-0.4, -0.2) is 96.7 Å². The van der Waals surface area contributed by atoms with Crippen molar-refractivity contribution in [3.8, 4) is 0 Å². The number of hydrogen-bond donors (Lipinski definition) is 3. The molecule has 81 heavy (non-hydrogen) atoms. The van der Waals surface area contributed by atoms with Gasteiger partial charge in [-0.15, -0.1) is 0 Å². The van der Waals surface area contributed by atoms with Crippen molar-refractivity contribution in [2.24, 2.45) is 11.8 Å². The molecular formula is C62H120O17P2. The van der Waals surface area contributed by atoms with Crippen molar-refractivity contribution >= 4 is 39.5 Å². The predicted molar refractivity (Wildman–Crippen MR) is 321 cm³/mol. The van der Waals surface area contributed by atoms with Crippen LogP contribution >= 0.6 is 15.6 Å². The zero-order chi connectivity index (χ0) is 60.1. The number of rotatable bonds is 61. The van der Waals surface area contributed by atoms with E-state index in [0.29, 0.717) is 31.6 Å². The second-order valence-corrected chi connectivity index (χ2v) is 26.1. The first-order valence-corrected chi connectivity index (χ1v) is 35.5. The zero-order valence-electron chi connectivity index (χ0n) is 52.1.